The molecule has 1 heterocycles. The van der Waals surface area contributed by atoms with Gasteiger partial charge in [-0.05, 0) is 24.3 Å². The lowest BCUT2D eigenvalue weighted by atomic mass is 10.1. The first-order valence-corrected chi connectivity index (χ1v) is 3.34. The predicted octanol–water partition coefficient (Wildman–Crippen LogP) is 1.74. The van der Waals surface area contributed by atoms with Crippen LogP contribution in [0, 0.1) is 0 Å². The van der Waals surface area contributed by atoms with Crippen LogP contribution < -0.4 is 5.43 Å². The summed E-state index contributed by atoms with van der Waals surface area (Å²) in [6.45, 7) is 0. The van der Waals surface area contributed by atoms with Gasteiger partial charge in [-0.2, -0.15) is 0 Å². The van der Waals surface area contributed by atoms with Crippen LogP contribution in [0.3, 0.4) is 0 Å². The van der Waals surface area contributed by atoms with E-state index in [0.717, 1.165) is 0 Å². The molecule has 0 bridgehead atoms. The van der Waals surface area contributed by atoms with E-state index in [1.165, 1.54) is 6.07 Å². The van der Waals surface area contributed by atoms with E-state index in [1.807, 2.05) is 0 Å². The Morgan fingerprint density at radius 3 is 2.82 bits per heavy atom. The predicted molar refractivity (Wildman–Crippen MR) is 41.6 cm³/mol. The molecule has 1 aliphatic carbocycles. The Morgan fingerprint density at radius 2 is 2.00 bits per heavy atom. The van der Waals surface area contributed by atoms with Crippen molar-refractivity contribution in [2.75, 3.05) is 0 Å². The van der Waals surface area contributed by atoms with Crippen LogP contribution in [0.2, 0.25) is 0 Å². The maximum Gasteiger partial charge on any atom is 0.189 e. The zero-order valence-electron chi connectivity index (χ0n) is 5.78. The van der Waals surface area contributed by atoms with Gasteiger partial charge in [0.15, 0.2) is 5.43 Å². The van der Waals surface area contributed by atoms with Crippen LogP contribution in [0.1, 0.15) is 0 Å². The van der Waals surface area contributed by atoms with Gasteiger partial charge in [0.25, 0.3) is 0 Å². The summed E-state index contributed by atoms with van der Waals surface area (Å²) in [5.41, 5.74) is 0.641. The molecule has 2 nitrogen and oxygen atoms in total. The molecule has 0 amide bonds. The first-order chi connectivity index (χ1) is 5.38. The molecular weight excluding hydrogens is 140 g/mol. The van der Waals surface area contributed by atoms with E-state index in [4.69, 9.17) is 4.42 Å². The topological polar surface area (TPSA) is 30.2 Å². The Balaban J connectivity index is 2.90. The minimum atomic E-state index is 0.00634. The second-order valence-electron chi connectivity index (χ2n) is 2.28. The van der Waals surface area contributed by atoms with Crippen LogP contribution in [-0.4, -0.2) is 0 Å². The third-order valence-electron chi connectivity index (χ3n) is 1.56. The molecule has 0 aromatic heterocycles. The summed E-state index contributed by atoms with van der Waals surface area (Å²) in [7, 11) is 0. The van der Waals surface area contributed by atoms with Gasteiger partial charge in [-0.1, -0.05) is 6.07 Å². The maximum atomic E-state index is 11.1. The van der Waals surface area contributed by atoms with E-state index in [-0.39, 0.29) is 5.43 Å². The summed E-state index contributed by atoms with van der Waals surface area (Å²) in [4.78, 5) is 11.1. The summed E-state index contributed by atoms with van der Waals surface area (Å²) in [5, 5.41) is 0. The third kappa shape index (κ3) is 0.923. The van der Waals surface area contributed by atoms with E-state index in [0.29, 0.717) is 11.3 Å². The van der Waals surface area contributed by atoms with Gasteiger partial charge in [0, 0.05) is 0 Å². The molecule has 0 saturated heterocycles. The van der Waals surface area contributed by atoms with Gasteiger partial charge in [-0.15, -0.1) is 0 Å². The summed E-state index contributed by atoms with van der Waals surface area (Å²) in [6, 6.07) is 8.45. The van der Waals surface area contributed by atoms with E-state index in [2.05, 4.69) is 0 Å². The second kappa shape index (κ2) is 2.23. The number of hydrogen-bond acceptors (Lipinski definition) is 2. The number of benzene rings is 1. The van der Waals surface area contributed by atoms with Crippen molar-refractivity contribution in [2.45, 2.75) is 0 Å². The molecule has 0 fully saturated rings. The zero-order chi connectivity index (χ0) is 7.68. The van der Waals surface area contributed by atoms with Crippen molar-refractivity contribution in [1.82, 2.24) is 0 Å². The first kappa shape index (κ1) is 6.16. The van der Waals surface area contributed by atoms with Crippen molar-refractivity contribution >= 4 is 0 Å². The molecule has 54 valence electrons. The highest BCUT2D eigenvalue weighted by atomic mass is 16.3. The molecule has 0 aromatic carbocycles. The Morgan fingerprint density at radius 1 is 1.09 bits per heavy atom. The molecule has 0 radical (unpaired) electrons. The highest BCUT2D eigenvalue weighted by molar-refractivity contribution is 5.57. The lowest BCUT2D eigenvalue weighted by molar-refractivity contribution is 0.564. The van der Waals surface area contributed by atoms with Gasteiger partial charge in [0.1, 0.15) is 5.76 Å². The van der Waals surface area contributed by atoms with Gasteiger partial charge in [-0.3, -0.25) is 4.79 Å². The Bertz CT molecular complexity index is 389. The highest BCUT2D eigenvalue weighted by Crippen LogP contribution is 2.14. The quantitative estimate of drug-likeness (QED) is 0.566. The lowest BCUT2D eigenvalue weighted by Gasteiger charge is -1.98. The summed E-state index contributed by atoms with van der Waals surface area (Å²) in [6.07, 6.45) is 1.56. The van der Waals surface area contributed by atoms with Crippen LogP contribution in [0.5, 0.6) is 0 Å². The molecule has 0 unspecified atom stereocenters. The van der Waals surface area contributed by atoms with Gasteiger partial charge < -0.3 is 4.42 Å². The average molecular weight is 146 g/mol. The van der Waals surface area contributed by atoms with Crippen LogP contribution in [-0.2, 0) is 0 Å². The molecule has 0 aromatic rings. The van der Waals surface area contributed by atoms with Crippen LogP contribution in [0.15, 0.2) is 45.8 Å². The molecule has 0 N–H and O–H groups in total. The Labute approximate surface area is 63.4 Å². The monoisotopic (exact) mass is 146 g/mol. The van der Waals surface area contributed by atoms with Crippen molar-refractivity contribution in [2.24, 2.45) is 0 Å². The molecule has 0 saturated carbocycles. The molecule has 2 aliphatic rings. The van der Waals surface area contributed by atoms with Gasteiger partial charge in [0.2, 0.25) is 0 Å². The van der Waals surface area contributed by atoms with Crippen molar-refractivity contribution in [1.29, 1.82) is 0 Å². The van der Waals surface area contributed by atoms with Gasteiger partial charge in [0.05, 0.1) is 11.8 Å². The second-order valence-corrected chi connectivity index (χ2v) is 2.28. The Hall–Kier alpha value is -1.57. The van der Waals surface area contributed by atoms with E-state index < -0.39 is 0 Å². The molecule has 2 heteroatoms. The van der Waals surface area contributed by atoms with E-state index in [1.54, 1.807) is 30.5 Å². The Kier molecular flexibility index (Phi) is 1.25. The van der Waals surface area contributed by atoms with Crippen molar-refractivity contribution in [3.63, 3.8) is 0 Å². The normalized spacial score (nSPS) is 10.2. The smallest absolute Gasteiger partial charge is 0.189 e. The summed E-state index contributed by atoms with van der Waals surface area (Å²) >= 11 is 0. The van der Waals surface area contributed by atoms with Crippen LogP contribution in [0.25, 0.3) is 11.3 Å². The van der Waals surface area contributed by atoms with E-state index >= 15 is 0 Å². The van der Waals surface area contributed by atoms with Crippen LogP contribution in [0.4, 0.5) is 0 Å². The molecule has 11 heavy (non-hydrogen) atoms. The molecular formula is C9H6O2. The van der Waals surface area contributed by atoms with Crippen molar-refractivity contribution in [3.05, 3.63) is 46.8 Å². The fourth-order valence-electron chi connectivity index (χ4n) is 1.04. The standard InChI is InChI=1S/C9H6O2/c10-8-4-1-5-9-7(8)3-2-6-11-9/h1-6H. The summed E-state index contributed by atoms with van der Waals surface area (Å²) < 4.78 is 5.09. The molecule has 1 aliphatic heterocycles. The number of rotatable bonds is 0. The van der Waals surface area contributed by atoms with Gasteiger partial charge in [-0.25, -0.2) is 0 Å². The van der Waals surface area contributed by atoms with E-state index in [9.17, 15) is 4.79 Å². The first-order valence-electron chi connectivity index (χ1n) is 3.34. The van der Waals surface area contributed by atoms with Crippen molar-refractivity contribution in [3.8, 4) is 11.3 Å². The lowest BCUT2D eigenvalue weighted by Crippen LogP contribution is -2.01. The van der Waals surface area contributed by atoms with Crippen LogP contribution >= 0.6 is 0 Å². The maximum absolute atomic E-state index is 11.1. The fraction of sp³-hybridized carbons (Fsp3) is 0. The molecule has 0 spiro atoms. The number of hydrogen-bond donors (Lipinski definition) is 0. The zero-order valence-corrected chi connectivity index (χ0v) is 5.78. The minimum Gasteiger partial charge on any atom is -0.464 e. The fourth-order valence-corrected chi connectivity index (χ4v) is 1.04. The van der Waals surface area contributed by atoms with Crippen molar-refractivity contribution < 1.29 is 4.42 Å². The highest BCUT2D eigenvalue weighted by Gasteiger charge is 2.03. The number of fused-ring (bicyclic) bond motifs is 1. The van der Waals surface area contributed by atoms with Gasteiger partial charge >= 0.3 is 0 Å². The summed E-state index contributed by atoms with van der Waals surface area (Å²) in [5.74, 6) is 0.639. The third-order valence-corrected chi connectivity index (χ3v) is 1.56. The SMILES string of the molecule is O=c1cccc2occcc1-2. The largest absolute Gasteiger partial charge is 0.464 e. The molecule has 0 atom stereocenters. The average Bonchev–Trinajstić information content (AvgIpc) is 2.06. The minimum absolute atomic E-state index is 0.00634. The molecule has 2 rings (SSSR count).